The van der Waals surface area contributed by atoms with Gasteiger partial charge in [-0.1, -0.05) is 15.9 Å². The van der Waals surface area contributed by atoms with Gasteiger partial charge in [0.15, 0.2) is 0 Å². The number of nitrogens with two attached hydrogens (primary N) is 1. The highest BCUT2D eigenvalue weighted by Crippen LogP contribution is 2.28. The summed E-state index contributed by atoms with van der Waals surface area (Å²) in [6.07, 6.45) is 0. The largest absolute Gasteiger partial charge is 0.397 e. The van der Waals surface area contributed by atoms with Gasteiger partial charge in [0.05, 0.1) is 22.6 Å². The second kappa shape index (κ2) is 5.07. The number of nitrogen functional groups attached to an aromatic ring is 1. The molecule has 0 saturated heterocycles. The maximum Gasteiger partial charge on any atom is 0.270 e. The van der Waals surface area contributed by atoms with Gasteiger partial charge in [0.1, 0.15) is 4.88 Å². The number of nitrogens with zero attached hydrogens (tertiary/aromatic N) is 2. The SMILES string of the molecule is Cc1ncsc1C(=O)N(C)c1ccc(Br)cc1N. The minimum atomic E-state index is -0.0935. The average Bonchev–Trinajstić information content (AvgIpc) is 2.74. The quantitative estimate of drug-likeness (QED) is 0.863. The first-order valence-electron chi connectivity index (χ1n) is 5.24. The molecule has 1 heterocycles. The molecule has 0 aliphatic carbocycles. The zero-order valence-electron chi connectivity index (χ0n) is 9.98. The molecule has 0 saturated carbocycles. The zero-order valence-corrected chi connectivity index (χ0v) is 12.4. The topological polar surface area (TPSA) is 59.2 Å². The molecule has 18 heavy (non-hydrogen) atoms. The van der Waals surface area contributed by atoms with E-state index in [1.54, 1.807) is 23.5 Å². The Morgan fingerprint density at radius 3 is 2.78 bits per heavy atom. The van der Waals surface area contributed by atoms with Crippen molar-refractivity contribution in [3.05, 3.63) is 38.8 Å². The van der Waals surface area contributed by atoms with Crippen molar-refractivity contribution in [1.82, 2.24) is 4.98 Å². The number of anilines is 2. The van der Waals surface area contributed by atoms with E-state index in [1.165, 1.54) is 11.3 Å². The van der Waals surface area contributed by atoms with Crippen LogP contribution in [0.25, 0.3) is 0 Å². The van der Waals surface area contributed by atoms with E-state index in [9.17, 15) is 4.79 Å². The van der Waals surface area contributed by atoms with Gasteiger partial charge in [-0.15, -0.1) is 11.3 Å². The summed E-state index contributed by atoms with van der Waals surface area (Å²) in [6, 6.07) is 5.45. The number of carbonyl (C=O) groups excluding carboxylic acids is 1. The molecule has 1 amide bonds. The van der Waals surface area contributed by atoms with E-state index in [1.807, 2.05) is 19.1 Å². The molecule has 0 spiro atoms. The highest BCUT2D eigenvalue weighted by atomic mass is 79.9. The van der Waals surface area contributed by atoms with Gasteiger partial charge in [-0.05, 0) is 25.1 Å². The van der Waals surface area contributed by atoms with Crippen molar-refractivity contribution in [2.75, 3.05) is 17.7 Å². The van der Waals surface area contributed by atoms with Gasteiger partial charge in [0.2, 0.25) is 0 Å². The fourth-order valence-electron chi connectivity index (χ4n) is 1.60. The fraction of sp³-hybridized carbons (Fsp3) is 0.167. The summed E-state index contributed by atoms with van der Waals surface area (Å²) in [5.41, 5.74) is 9.58. The number of hydrogen-bond donors (Lipinski definition) is 1. The number of aromatic nitrogens is 1. The third-order valence-corrected chi connectivity index (χ3v) is 4.01. The van der Waals surface area contributed by atoms with E-state index in [-0.39, 0.29) is 5.91 Å². The normalized spacial score (nSPS) is 10.4. The summed E-state index contributed by atoms with van der Waals surface area (Å²) in [4.78, 5) is 18.6. The van der Waals surface area contributed by atoms with E-state index in [0.717, 1.165) is 10.2 Å². The van der Waals surface area contributed by atoms with Gasteiger partial charge in [-0.25, -0.2) is 4.98 Å². The van der Waals surface area contributed by atoms with Gasteiger partial charge in [0, 0.05) is 11.5 Å². The number of amides is 1. The Hall–Kier alpha value is -1.40. The highest BCUT2D eigenvalue weighted by molar-refractivity contribution is 9.10. The Labute approximate surface area is 118 Å². The van der Waals surface area contributed by atoms with Crippen molar-refractivity contribution in [2.45, 2.75) is 6.92 Å². The Kier molecular flexibility index (Phi) is 3.68. The molecule has 2 rings (SSSR count). The maximum absolute atomic E-state index is 12.3. The number of halogens is 1. The second-order valence-corrected chi connectivity index (χ2v) is 5.60. The lowest BCUT2D eigenvalue weighted by atomic mass is 10.2. The molecule has 0 radical (unpaired) electrons. The first kappa shape index (κ1) is 13.0. The fourth-order valence-corrected chi connectivity index (χ4v) is 2.76. The summed E-state index contributed by atoms with van der Waals surface area (Å²) >= 11 is 4.68. The minimum absolute atomic E-state index is 0.0935. The van der Waals surface area contributed by atoms with Gasteiger partial charge >= 0.3 is 0 Å². The Morgan fingerprint density at radius 1 is 1.50 bits per heavy atom. The van der Waals surface area contributed by atoms with Crippen LogP contribution < -0.4 is 10.6 Å². The second-order valence-electron chi connectivity index (χ2n) is 3.83. The molecule has 0 atom stereocenters. The number of thiazole rings is 1. The van der Waals surface area contributed by atoms with E-state index in [4.69, 9.17) is 5.73 Å². The third kappa shape index (κ3) is 2.39. The molecule has 2 N–H and O–H groups in total. The van der Waals surface area contributed by atoms with E-state index >= 15 is 0 Å². The number of carbonyl (C=O) groups is 1. The Balaban J connectivity index is 2.34. The van der Waals surface area contributed by atoms with Gasteiger partial charge in [0.25, 0.3) is 5.91 Å². The van der Waals surface area contributed by atoms with Gasteiger partial charge in [-0.2, -0.15) is 0 Å². The van der Waals surface area contributed by atoms with Crippen LogP contribution in [-0.4, -0.2) is 17.9 Å². The minimum Gasteiger partial charge on any atom is -0.397 e. The molecule has 2 aromatic rings. The number of benzene rings is 1. The van der Waals surface area contributed by atoms with Crippen LogP contribution in [-0.2, 0) is 0 Å². The standard InChI is InChI=1S/C12H12BrN3OS/c1-7-11(18-6-15-7)12(17)16(2)10-4-3-8(13)5-9(10)14/h3-6H,14H2,1-2H3. The molecule has 6 heteroatoms. The molecule has 4 nitrogen and oxygen atoms in total. The first-order chi connectivity index (χ1) is 8.50. The van der Waals surface area contributed by atoms with Crippen LogP contribution in [0.5, 0.6) is 0 Å². The van der Waals surface area contributed by atoms with Crippen LogP contribution >= 0.6 is 27.3 Å². The lowest BCUT2D eigenvalue weighted by Crippen LogP contribution is -2.26. The van der Waals surface area contributed by atoms with Crippen molar-refractivity contribution < 1.29 is 4.79 Å². The first-order valence-corrected chi connectivity index (χ1v) is 6.91. The molecule has 0 aliphatic heterocycles. The third-order valence-electron chi connectivity index (χ3n) is 2.60. The van der Waals surface area contributed by atoms with E-state index in [0.29, 0.717) is 16.3 Å². The molecule has 0 fully saturated rings. The lowest BCUT2D eigenvalue weighted by Gasteiger charge is -2.18. The Morgan fingerprint density at radius 2 is 2.22 bits per heavy atom. The van der Waals surface area contributed by atoms with Crippen LogP contribution in [0.2, 0.25) is 0 Å². The van der Waals surface area contributed by atoms with Crippen molar-refractivity contribution in [1.29, 1.82) is 0 Å². The Bertz CT molecular complexity index is 597. The molecular formula is C12H12BrN3OS. The van der Waals surface area contributed by atoms with Crippen molar-refractivity contribution in [3.8, 4) is 0 Å². The molecule has 94 valence electrons. The molecule has 0 aliphatic rings. The van der Waals surface area contributed by atoms with E-state index < -0.39 is 0 Å². The van der Waals surface area contributed by atoms with Gasteiger partial charge in [-0.3, -0.25) is 4.79 Å². The lowest BCUT2D eigenvalue weighted by molar-refractivity contribution is 0.0996. The van der Waals surface area contributed by atoms with Crippen LogP contribution in [0.4, 0.5) is 11.4 Å². The molecule has 0 bridgehead atoms. The zero-order chi connectivity index (χ0) is 13.3. The number of aryl methyl sites for hydroxylation is 1. The maximum atomic E-state index is 12.3. The summed E-state index contributed by atoms with van der Waals surface area (Å²) in [6.45, 7) is 1.82. The number of rotatable bonds is 2. The van der Waals surface area contributed by atoms with Crippen LogP contribution in [0.3, 0.4) is 0 Å². The van der Waals surface area contributed by atoms with Gasteiger partial charge < -0.3 is 10.6 Å². The summed E-state index contributed by atoms with van der Waals surface area (Å²) in [5.74, 6) is -0.0935. The summed E-state index contributed by atoms with van der Waals surface area (Å²) in [5, 5.41) is 0. The smallest absolute Gasteiger partial charge is 0.270 e. The molecule has 0 unspecified atom stereocenters. The predicted molar refractivity (Wildman–Crippen MR) is 78.1 cm³/mol. The number of hydrogen-bond acceptors (Lipinski definition) is 4. The van der Waals surface area contributed by atoms with Crippen LogP contribution in [0, 0.1) is 6.92 Å². The molecule has 1 aromatic heterocycles. The van der Waals surface area contributed by atoms with Crippen molar-refractivity contribution in [2.24, 2.45) is 0 Å². The van der Waals surface area contributed by atoms with Crippen molar-refractivity contribution in [3.63, 3.8) is 0 Å². The summed E-state index contributed by atoms with van der Waals surface area (Å²) < 4.78 is 0.888. The molecular weight excluding hydrogens is 314 g/mol. The van der Waals surface area contributed by atoms with Crippen LogP contribution in [0.15, 0.2) is 28.2 Å². The van der Waals surface area contributed by atoms with E-state index in [2.05, 4.69) is 20.9 Å². The van der Waals surface area contributed by atoms with Crippen LogP contribution in [0.1, 0.15) is 15.4 Å². The molecule has 1 aromatic carbocycles. The monoisotopic (exact) mass is 325 g/mol. The highest BCUT2D eigenvalue weighted by Gasteiger charge is 2.19. The predicted octanol–water partition coefficient (Wildman–Crippen LogP) is 3.07. The van der Waals surface area contributed by atoms with Crippen molar-refractivity contribution >= 4 is 44.5 Å². The average molecular weight is 326 g/mol. The summed E-state index contributed by atoms with van der Waals surface area (Å²) in [7, 11) is 1.71.